The van der Waals surface area contributed by atoms with E-state index in [1.807, 2.05) is 30.3 Å². The fraction of sp³-hybridized carbons (Fsp3) is 0. The number of nitrogens with two attached hydrogens (primary N) is 2. The molecular weight excluding hydrogens is 296 g/mol. The van der Waals surface area contributed by atoms with Gasteiger partial charge in [-0.05, 0) is 42.5 Å². The highest BCUT2D eigenvalue weighted by atomic mass is 16.1. The van der Waals surface area contributed by atoms with Crippen LogP contribution in [0.25, 0.3) is 0 Å². The van der Waals surface area contributed by atoms with Crippen molar-refractivity contribution in [2.45, 2.75) is 0 Å². The first kappa shape index (κ1) is 15.4. The molecule has 4 N–H and O–H groups in total. The second-order valence-electron chi connectivity index (χ2n) is 5.33. The predicted molar refractivity (Wildman–Crippen MR) is 97.6 cm³/mol. The Hall–Kier alpha value is -3.51. The molecule has 3 heteroatoms. The molecule has 3 rings (SSSR count). The van der Waals surface area contributed by atoms with E-state index in [9.17, 15) is 4.79 Å². The van der Waals surface area contributed by atoms with E-state index in [2.05, 4.69) is 11.8 Å². The zero-order valence-electron chi connectivity index (χ0n) is 13.0. The second-order valence-corrected chi connectivity index (χ2v) is 5.33. The number of carbonyl (C=O) groups is 1. The molecule has 0 aromatic heterocycles. The van der Waals surface area contributed by atoms with Gasteiger partial charge < -0.3 is 11.5 Å². The number of anilines is 2. The minimum Gasteiger partial charge on any atom is -0.398 e. The molecule has 0 saturated heterocycles. The van der Waals surface area contributed by atoms with E-state index in [4.69, 9.17) is 11.5 Å². The van der Waals surface area contributed by atoms with Crippen LogP contribution in [0, 0.1) is 11.8 Å². The summed E-state index contributed by atoms with van der Waals surface area (Å²) in [5.41, 5.74) is 15.3. The zero-order chi connectivity index (χ0) is 16.9. The molecule has 0 aliphatic heterocycles. The highest BCUT2D eigenvalue weighted by Gasteiger charge is 2.14. The topological polar surface area (TPSA) is 69.1 Å². The van der Waals surface area contributed by atoms with Crippen LogP contribution < -0.4 is 11.5 Å². The SMILES string of the molecule is Nc1ccccc1C(=O)c1ccc(C#Cc2ccccc2)cc1N. The highest BCUT2D eigenvalue weighted by Crippen LogP contribution is 2.21. The Bertz CT molecular complexity index is 950. The zero-order valence-corrected chi connectivity index (χ0v) is 13.0. The maximum absolute atomic E-state index is 12.6. The molecule has 116 valence electrons. The molecule has 0 bridgehead atoms. The van der Waals surface area contributed by atoms with Gasteiger partial charge in [0.05, 0.1) is 0 Å². The standard InChI is InChI=1S/C21H16N2O/c22-19-9-5-4-8-17(19)21(24)18-13-12-16(14-20(18)23)11-10-15-6-2-1-3-7-15/h1-9,12-14H,22-23H2. The molecule has 0 aliphatic carbocycles. The number of hydrogen-bond donors (Lipinski definition) is 2. The van der Waals surface area contributed by atoms with Crippen molar-refractivity contribution in [3.05, 3.63) is 95.1 Å². The molecule has 3 aromatic carbocycles. The van der Waals surface area contributed by atoms with Crippen LogP contribution in [0.15, 0.2) is 72.8 Å². The van der Waals surface area contributed by atoms with E-state index in [1.165, 1.54) is 0 Å². The largest absolute Gasteiger partial charge is 0.398 e. The van der Waals surface area contributed by atoms with Gasteiger partial charge in [-0.15, -0.1) is 0 Å². The summed E-state index contributed by atoms with van der Waals surface area (Å²) in [6.07, 6.45) is 0. The van der Waals surface area contributed by atoms with Gasteiger partial charge in [-0.25, -0.2) is 0 Å². The summed E-state index contributed by atoms with van der Waals surface area (Å²) in [5.74, 6) is 5.93. The minimum atomic E-state index is -0.187. The summed E-state index contributed by atoms with van der Waals surface area (Å²) in [5, 5.41) is 0. The van der Waals surface area contributed by atoms with Crippen LogP contribution in [0.3, 0.4) is 0 Å². The lowest BCUT2D eigenvalue weighted by Crippen LogP contribution is -2.08. The van der Waals surface area contributed by atoms with Crippen LogP contribution in [0.4, 0.5) is 11.4 Å². The highest BCUT2D eigenvalue weighted by molar-refractivity contribution is 6.14. The van der Waals surface area contributed by atoms with E-state index in [1.54, 1.807) is 42.5 Å². The van der Waals surface area contributed by atoms with Gasteiger partial charge in [0.2, 0.25) is 0 Å². The maximum Gasteiger partial charge on any atom is 0.197 e. The third-order valence-corrected chi connectivity index (χ3v) is 3.63. The fourth-order valence-corrected chi connectivity index (χ4v) is 2.36. The smallest absolute Gasteiger partial charge is 0.197 e. The Labute approximate surface area is 140 Å². The summed E-state index contributed by atoms with van der Waals surface area (Å²) in [4.78, 5) is 12.6. The first-order valence-corrected chi connectivity index (χ1v) is 7.51. The Balaban J connectivity index is 1.90. The molecule has 0 heterocycles. The average molecular weight is 312 g/mol. The first-order valence-electron chi connectivity index (χ1n) is 7.51. The number of benzene rings is 3. The van der Waals surface area contributed by atoms with Gasteiger partial charge >= 0.3 is 0 Å². The minimum absolute atomic E-state index is 0.187. The average Bonchev–Trinajstić information content (AvgIpc) is 2.61. The normalized spacial score (nSPS) is 9.83. The Morgan fingerprint density at radius 2 is 1.29 bits per heavy atom. The molecule has 0 aliphatic rings. The Kier molecular flexibility index (Phi) is 4.31. The summed E-state index contributed by atoms with van der Waals surface area (Å²) in [6.45, 7) is 0. The summed E-state index contributed by atoms with van der Waals surface area (Å²) in [6, 6.07) is 21.8. The predicted octanol–water partition coefficient (Wildman–Crippen LogP) is 3.48. The van der Waals surface area contributed by atoms with Crippen LogP contribution in [-0.2, 0) is 0 Å². The molecule has 0 radical (unpaired) electrons. The third-order valence-electron chi connectivity index (χ3n) is 3.63. The van der Waals surface area contributed by atoms with Crippen molar-refractivity contribution >= 4 is 17.2 Å². The molecular formula is C21H16N2O. The van der Waals surface area contributed by atoms with E-state index >= 15 is 0 Å². The number of para-hydroxylation sites is 1. The molecule has 0 amide bonds. The van der Waals surface area contributed by atoms with Crippen LogP contribution in [0.5, 0.6) is 0 Å². The molecule has 0 unspecified atom stereocenters. The molecule has 0 saturated carbocycles. The number of hydrogen-bond acceptors (Lipinski definition) is 3. The molecule has 24 heavy (non-hydrogen) atoms. The summed E-state index contributed by atoms with van der Waals surface area (Å²) >= 11 is 0. The molecule has 0 fully saturated rings. The third kappa shape index (κ3) is 3.29. The van der Waals surface area contributed by atoms with Crippen molar-refractivity contribution in [3.8, 4) is 11.8 Å². The molecule has 3 nitrogen and oxygen atoms in total. The number of carbonyl (C=O) groups excluding carboxylic acids is 1. The van der Waals surface area contributed by atoms with Crippen molar-refractivity contribution in [2.24, 2.45) is 0 Å². The van der Waals surface area contributed by atoms with Crippen molar-refractivity contribution in [2.75, 3.05) is 11.5 Å². The van der Waals surface area contributed by atoms with Crippen molar-refractivity contribution in [3.63, 3.8) is 0 Å². The van der Waals surface area contributed by atoms with E-state index in [0.717, 1.165) is 11.1 Å². The fourth-order valence-electron chi connectivity index (χ4n) is 2.36. The maximum atomic E-state index is 12.6. The van der Waals surface area contributed by atoms with Crippen molar-refractivity contribution in [1.29, 1.82) is 0 Å². The molecule has 0 spiro atoms. The van der Waals surface area contributed by atoms with Gasteiger partial charge in [0, 0.05) is 33.6 Å². The lowest BCUT2D eigenvalue weighted by atomic mass is 9.99. The van der Waals surface area contributed by atoms with Gasteiger partial charge in [-0.3, -0.25) is 4.79 Å². The van der Waals surface area contributed by atoms with E-state index in [0.29, 0.717) is 22.5 Å². The summed E-state index contributed by atoms with van der Waals surface area (Å²) in [7, 11) is 0. The lowest BCUT2D eigenvalue weighted by molar-refractivity contribution is 0.104. The van der Waals surface area contributed by atoms with Gasteiger partial charge in [0.15, 0.2) is 5.78 Å². The Morgan fingerprint density at radius 1 is 0.667 bits per heavy atom. The number of ketones is 1. The first-order chi connectivity index (χ1) is 11.6. The van der Waals surface area contributed by atoms with E-state index in [-0.39, 0.29) is 5.78 Å². The Morgan fingerprint density at radius 3 is 2.00 bits per heavy atom. The van der Waals surface area contributed by atoms with Crippen LogP contribution in [0.2, 0.25) is 0 Å². The van der Waals surface area contributed by atoms with Gasteiger partial charge in [-0.2, -0.15) is 0 Å². The number of rotatable bonds is 2. The lowest BCUT2D eigenvalue weighted by Gasteiger charge is -2.07. The second kappa shape index (κ2) is 6.72. The van der Waals surface area contributed by atoms with Crippen LogP contribution in [-0.4, -0.2) is 5.78 Å². The molecule has 0 atom stereocenters. The van der Waals surface area contributed by atoms with Gasteiger partial charge in [0.1, 0.15) is 0 Å². The van der Waals surface area contributed by atoms with Crippen LogP contribution >= 0.6 is 0 Å². The monoisotopic (exact) mass is 312 g/mol. The van der Waals surface area contributed by atoms with Crippen molar-refractivity contribution < 1.29 is 4.79 Å². The van der Waals surface area contributed by atoms with Gasteiger partial charge in [0.25, 0.3) is 0 Å². The quantitative estimate of drug-likeness (QED) is 0.432. The van der Waals surface area contributed by atoms with E-state index < -0.39 is 0 Å². The summed E-state index contributed by atoms with van der Waals surface area (Å²) < 4.78 is 0. The van der Waals surface area contributed by atoms with Crippen LogP contribution in [0.1, 0.15) is 27.0 Å². The van der Waals surface area contributed by atoms with Crippen molar-refractivity contribution in [1.82, 2.24) is 0 Å². The number of nitrogen functional groups attached to an aromatic ring is 2. The molecule has 3 aromatic rings. The van der Waals surface area contributed by atoms with Gasteiger partial charge in [-0.1, -0.05) is 42.2 Å².